The molecular weight excluding hydrogens is 404 g/mol. The Morgan fingerprint density at radius 3 is 1.53 bits per heavy atom. The monoisotopic (exact) mass is 434 g/mol. The number of hydrogen-bond acceptors (Lipinski definition) is 6. The fourth-order valence-electron chi connectivity index (χ4n) is 5.99. The number of hydrogen-bond donors (Lipinski definition) is 2. The summed E-state index contributed by atoms with van der Waals surface area (Å²) in [6.07, 6.45) is 3.91. The van der Waals surface area contributed by atoms with Gasteiger partial charge in [-0.05, 0) is 38.1 Å². The van der Waals surface area contributed by atoms with Crippen LogP contribution in [0.1, 0.15) is 50.7 Å². The number of fused-ring (bicyclic) bond motifs is 8. The van der Waals surface area contributed by atoms with E-state index in [1.165, 1.54) is 0 Å². The van der Waals surface area contributed by atoms with Crippen molar-refractivity contribution in [2.75, 3.05) is 13.1 Å². The zero-order chi connectivity index (χ0) is 22.3. The van der Waals surface area contributed by atoms with E-state index in [-0.39, 0.29) is 11.9 Å². The summed E-state index contributed by atoms with van der Waals surface area (Å²) in [5, 5.41) is 7.31. The van der Waals surface area contributed by atoms with Crippen LogP contribution in [0.15, 0.2) is 48.5 Å². The molecule has 0 atom stereocenters. The Morgan fingerprint density at radius 1 is 0.719 bits per heavy atom. The first-order valence-corrected chi connectivity index (χ1v) is 11.7. The average Bonchev–Trinajstić information content (AvgIpc) is 2.77. The normalized spacial score (nSPS) is 29.6. The lowest BCUT2D eigenvalue weighted by Gasteiger charge is -2.69. The van der Waals surface area contributed by atoms with Gasteiger partial charge in [-0.15, -0.1) is 0 Å². The maximum Gasteiger partial charge on any atom is 0.318 e. The molecule has 32 heavy (non-hydrogen) atoms. The van der Waals surface area contributed by atoms with Crippen molar-refractivity contribution in [3.63, 3.8) is 0 Å². The molecule has 2 aromatic rings. The summed E-state index contributed by atoms with van der Waals surface area (Å²) in [5.74, 6) is -0.747. The molecule has 1 aliphatic carbocycles. The van der Waals surface area contributed by atoms with E-state index in [4.69, 9.17) is 9.47 Å². The highest BCUT2D eigenvalue weighted by molar-refractivity contribution is 5.94. The molecule has 6 heteroatoms. The summed E-state index contributed by atoms with van der Waals surface area (Å²) in [6.45, 7) is 5.65. The summed E-state index contributed by atoms with van der Waals surface area (Å²) in [5.41, 5.74) is -0.0274. The topological polar surface area (TPSA) is 76.7 Å². The quantitative estimate of drug-likeness (QED) is 0.375. The van der Waals surface area contributed by atoms with E-state index in [9.17, 15) is 9.59 Å². The molecule has 0 amide bonds. The SMILES string of the molecule is CCCCNC12c3ccccc3OC(=O)C1C1(NCCCC)c3ccccc3OC(=O)C21. The molecule has 0 aromatic heterocycles. The first kappa shape index (κ1) is 21.2. The first-order valence-electron chi connectivity index (χ1n) is 11.7. The number of esters is 2. The van der Waals surface area contributed by atoms with Crippen molar-refractivity contribution in [1.82, 2.24) is 10.6 Å². The minimum atomic E-state index is -0.870. The van der Waals surface area contributed by atoms with E-state index in [1.54, 1.807) is 12.1 Å². The number of nitrogens with one attached hydrogen (secondary N) is 2. The van der Waals surface area contributed by atoms with Gasteiger partial charge >= 0.3 is 11.9 Å². The van der Waals surface area contributed by atoms with Gasteiger partial charge in [0.2, 0.25) is 0 Å². The molecule has 3 aliphatic rings. The summed E-state index contributed by atoms with van der Waals surface area (Å²) in [7, 11) is 0. The van der Waals surface area contributed by atoms with Gasteiger partial charge in [-0.2, -0.15) is 0 Å². The summed E-state index contributed by atoms with van der Waals surface area (Å²) < 4.78 is 11.7. The van der Waals surface area contributed by atoms with E-state index in [0.29, 0.717) is 24.6 Å². The van der Waals surface area contributed by atoms with Gasteiger partial charge in [0, 0.05) is 11.1 Å². The predicted molar refractivity (Wildman–Crippen MR) is 120 cm³/mol. The zero-order valence-corrected chi connectivity index (χ0v) is 18.6. The van der Waals surface area contributed by atoms with Gasteiger partial charge in [-0.25, -0.2) is 0 Å². The Balaban J connectivity index is 1.72. The molecule has 0 spiro atoms. The fourth-order valence-corrected chi connectivity index (χ4v) is 5.99. The molecule has 0 bridgehead atoms. The predicted octanol–water partition coefficient (Wildman–Crippen LogP) is 3.64. The van der Waals surface area contributed by atoms with Crippen molar-refractivity contribution in [2.45, 2.75) is 50.6 Å². The lowest BCUT2D eigenvalue weighted by molar-refractivity contribution is -0.201. The van der Waals surface area contributed by atoms with Crippen molar-refractivity contribution < 1.29 is 19.1 Å². The number of benzene rings is 2. The molecule has 2 aliphatic heterocycles. The Kier molecular flexibility index (Phi) is 5.30. The van der Waals surface area contributed by atoms with Gasteiger partial charge in [0.1, 0.15) is 23.3 Å². The Hall–Kier alpha value is -2.70. The molecule has 2 heterocycles. The van der Waals surface area contributed by atoms with Gasteiger partial charge < -0.3 is 20.1 Å². The average molecular weight is 435 g/mol. The third kappa shape index (κ3) is 2.72. The third-order valence-electron chi connectivity index (χ3n) is 7.28. The van der Waals surface area contributed by atoms with Crippen molar-refractivity contribution in [2.24, 2.45) is 11.8 Å². The summed E-state index contributed by atoms with van der Waals surface area (Å²) in [6, 6.07) is 15.1. The standard InChI is InChI=1S/C26H30N2O4/c1-3-5-15-27-25-17-11-7-9-13-19(17)31-23(29)21(25)26(28-16-6-4-2)18-12-8-10-14-20(18)32-24(30)22(25)26/h7-14,21-22,27-28H,3-6,15-16H2,1-2H3. The minimum absolute atomic E-state index is 0.308. The lowest BCUT2D eigenvalue weighted by Crippen LogP contribution is -2.85. The molecule has 0 saturated heterocycles. The maximum absolute atomic E-state index is 13.6. The van der Waals surface area contributed by atoms with Crippen LogP contribution in [-0.4, -0.2) is 25.0 Å². The van der Waals surface area contributed by atoms with Crippen molar-refractivity contribution >= 4 is 11.9 Å². The smallest absolute Gasteiger partial charge is 0.318 e. The van der Waals surface area contributed by atoms with E-state index in [0.717, 1.165) is 36.8 Å². The Morgan fingerprint density at radius 2 is 1.12 bits per heavy atom. The minimum Gasteiger partial charge on any atom is -0.426 e. The zero-order valence-electron chi connectivity index (χ0n) is 18.6. The van der Waals surface area contributed by atoms with Crippen LogP contribution in [-0.2, 0) is 20.7 Å². The van der Waals surface area contributed by atoms with Gasteiger partial charge in [-0.3, -0.25) is 9.59 Å². The van der Waals surface area contributed by atoms with E-state index in [2.05, 4.69) is 24.5 Å². The molecule has 6 nitrogen and oxygen atoms in total. The van der Waals surface area contributed by atoms with Crippen molar-refractivity contribution in [3.05, 3.63) is 59.7 Å². The molecular formula is C26H30N2O4. The number of ether oxygens (including phenoxy) is 2. The molecule has 2 aromatic carbocycles. The van der Waals surface area contributed by atoms with Crippen molar-refractivity contribution in [1.29, 1.82) is 0 Å². The molecule has 2 N–H and O–H groups in total. The van der Waals surface area contributed by atoms with Crippen LogP contribution in [0.3, 0.4) is 0 Å². The summed E-state index contributed by atoms with van der Waals surface area (Å²) in [4.78, 5) is 27.2. The van der Waals surface area contributed by atoms with Crippen LogP contribution in [0.25, 0.3) is 0 Å². The van der Waals surface area contributed by atoms with Crippen LogP contribution in [0.2, 0.25) is 0 Å². The molecule has 0 radical (unpaired) electrons. The first-order chi connectivity index (χ1) is 15.6. The highest BCUT2D eigenvalue weighted by Crippen LogP contribution is 2.68. The van der Waals surface area contributed by atoms with E-state index >= 15 is 0 Å². The largest absolute Gasteiger partial charge is 0.426 e. The molecule has 1 fully saturated rings. The number of carbonyl (C=O) groups excluding carboxylic acids is 2. The number of carbonyl (C=O) groups is 2. The van der Waals surface area contributed by atoms with Crippen LogP contribution >= 0.6 is 0 Å². The molecule has 168 valence electrons. The van der Waals surface area contributed by atoms with E-state index < -0.39 is 22.9 Å². The molecule has 5 rings (SSSR count). The van der Waals surface area contributed by atoms with Gasteiger partial charge in [0.05, 0.1) is 11.1 Å². The number of rotatable bonds is 8. The fraction of sp³-hybridized carbons (Fsp3) is 0.462. The lowest BCUT2D eigenvalue weighted by atomic mass is 9.41. The van der Waals surface area contributed by atoms with Gasteiger partial charge in [-0.1, -0.05) is 63.1 Å². The Bertz CT molecular complexity index is 958. The highest BCUT2D eigenvalue weighted by atomic mass is 16.5. The maximum atomic E-state index is 13.6. The van der Waals surface area contributed by atoms with Crippen LogP contribution in [0, 0.1) is 11.8 Å². The molecule has 0 unspecified atom stereocenters. The second-order valence-corrected chi connectivity index (χ2v) is 9.00. The van der Waals surface area contributed by atoms with Crippen LogP contribution < -0.4 is 20.1 Å². The van der Waals surface area contributed by atoms with Gasteiger partial charge in [0.25, 0.3) is 0 Å². The van der Waals surface area contributed by atoms with Crippen molar-refractivity contribution in [3.8, 4) is 11.5 Å². The second-order valence-electron chi connectivity index (χ2n) is 9.00. The van der Waals surface area contributed by atoms with Gasteiger partial charge in [0.15, 0.2) is 0 Å². The number of para-hydroxylation sites is 2. The Labute approximate surface area is 188 Å². The van der Waals surface area contributed by atoms with Crippen LogP contribution in [0.4, 0.5) is 0 Å². The van der Waals surface area contributed by atoms with Crippen LogP contribution in [0.5, 0.6) is 11.5 Å². The molecule has 1 saturated carbocycles. The highest BCUT2D eigenvalue weighted by Gasteiger charge is 2.81. The second kappa shape index (κ2) is 8.01. The number of unbranched alkanes of at least 4 members (excludes halogenated alkanes) is 2. The summed E-state index contributed by atoms with van der Waals surface area (Å²) >= 11 is 0. The van der Waals surface area contributed by atoms with E-state index in [1.807, 2.05) is 36.4 Å². The third-order valence-corrected chi connectivity index (χ3v) is 7.28.